The quantitative estimate of drug-likeness (QED) is 0.920. The molecule has 7 heteroatoms. The second-order valence-electron chi connectivity index (χ2n) is 5.36. The van der Waals surface area contributed by atoms with Gasteiger partial charge < -0.3 is 10.5 Å². The van der Waals surface area contributed by atoms with Gasteiger partial charge in [-0.05, 0) is 18.8 Å². The maximum atomic E-state index is 6.10. The van der Waals surface area contributed by atoms with E-state index in [2.05, 4.69) is 29.1 Å². The minimum Gasteiger partial charge on any atom is -0.370 e. The molecule has 2 N–H and O–H groups in total. The topological polar surface area (TPSA) is 78.3 Å². The van der Waals surface area contributed by atoms with Crippen LogP contribution in [0.25, 0.3) is 4.96 Å². The summed E-state index contributed by atoms with van der Waals surface area (Å²) in [5.41, 5.74) is 6.10. The smallest absolute Gasteiger partial charge is 0.234 e. The maximum absolute atomic E-state index is 6.10. The third-order valence-electron chi connectivity index (χ3n) is 3.54. The van der Waals surface area contributed by atoms with Crippen molar-refractivity contribution in [3.05, 3.63) is 10.8 Å². The first kappa shape index (κ1) is 13.0. The summed E-state index contributed by atoms with van der Waals surface area (Å²) < 4.78 is 7.47. The van der Waals surface area contributed by atoms with Gasteiger partial charge in [0.25, 0.3) is 0 Å². The molecule has 2 atom stereocenters. The highest BCUT2D eigenvalue weighted by Crippen LogP contribution is 2.28. The summed E-state index contributed by atoms with van der Waals surface area (Å²) in [5, 5.41) is 14.0. The highest BCUT2D eigenvalue weighted by Gasteiger charge is 2.25. The zero-order chi connectivity index (χ0) is 13.4. The van der Waals surface area contributed by atoms with E-state index in [1.54, 1.807) is 11.3 Å². The Labute approximate surface area is 116 Å². The number of hydrogen-bond acceptors (Lipinski definition) is 6. The monoisotopic (exact) mass is 281 g/mol. The zero-order valence-corrected chi connectivity index (χ0v) is 12.1. The summed E-state index contributed by atoms with van der Waals surface area (Å²) in [6.45, 7) is 5.06. The van der Waals surface area contributed by atoms with E-state index < -0.39 is 0 Å². The number of ether oxygens (including phenoxy) is 1. The highest BCUT2D eigenvalue weighted by atomic mass is 32.1. The van der Waals surface area contributed by atoms with Gasteiger partial charge in [0, 0.05) is 19.1 Å². The Bertz CT molecular complexity index is 557. The van der Waals surface area contributed by atoms with E-state index in [-0.39, 0.29) is 12.1 Å². The molecule has 0 amide bonds. The summed E-state index contributed by atoms with van der Waals surface area (Å²) in [7, 11) is 0. The Hall–Kier alpha value is -1.05. The number of nitrogens with two attached hydrogens (primary N) is 1. The number of fused-ring (bicyclic) bond motifs is 1. The number of rotatable bonds is 4. The lowest BCUT2D eigenvalue weighted by molar-refractivity contribution is 0.103. The van der Waals surface area contributed by atoms with Crippen LogP contribution in [0, 0.1) is 5.92 Å². The van der Waals surface area contributed by atoms with E-state index in [9.17, 15) is 0 Å². The van der Waals surface area contributed by atoms with Crippen LogP contribution in [0.2, 0.25) is 0 Å². The molecule has 0 saturated carbocycles. The molecular formula is C12H19N5OS. The molecule has 0 spiro atoms. The third-order valence-corrected chi connectivity index (χ3v) is 4.46. The molecule has 1 aliphatic rings. The summed E-state index contributed by atoms with van der Waals surface area (Å²) in [5.74, 6) is 1.28. The van der Waals surface area contributed by atoms with Gasteiger partial charge in [-0.25, -0.2) is 0 Å². The SMILES string of the molecule is CC(C)C(N)Cc1nn2c(C3CCCO3)nnc2s1. The zero-order valence-electron chi connectivity index (χ0n) is 11.2. The first-order valence-corrected chi connectivity index (χ1v) is 7.55. The van der Waals surface area contributed by atoms with E-state index in [0.29, 0.717) is 5.92 Å². The lowest BCUT2D eigenvalue weighted by Crippen LogP contribution is -2.28. The van der Waals surface area contributed by atoms with Gasteiger partial charge in [0.2, 0.25) is 4.96 Å². The van der Waals surface area contributed by atoms with Crippen molar-refractivity contribution in [3.63, 3.8) is 0 Å². The van der Waals surface area contributed by atoms with E-state index in [1.165, 1.54) is 0 Å². The lowest BCUT2D eigenvalue weighted by atomic mass is 10.0. The predicted octanol–water partition coefficient (Wildman–Crippen LogP) is 1.56. The average molecular weight is 281 g/mol. The van der Waals surface area contributed by atoms with Gasteiger partial charge in [-0.15, -0.1) is 10.2 Å². The Morgan fingerprint density at radius 3 is 3.00 bits per heavy atom. The van der Waals surface area contributed by atoms with E-state index in [1.807, 2.05) is 4.52 Å². The number of hydrogen-bond donors (Lipinski definition) is 1. The van der Waals surface area contributed by atoms with Gasteiger partial charge >= 0.3 is 0 Å². The van der Waals surface area contributed by atoms with Gasteiger partial charge in [0.1, 0.15) is 11.1 Å². The molecule has 3 heterocycles. The molecule has 104 valence electrons. The summed E-state index contributed by atoms with van der Waals surface area (Å²) in [6.07, 6.45) is 2.91. The molecule has 0 bridgehead atoms. The molecule has 2 aromatic heterocycles. The van der Waals surface area contributed by atoms with Crippen LogP contribution in [0.3, 0.4) is 0 Å². The van der Waals surface area contributed by atoms with Crippen LogP contribution >= 0.6 is 11.3 Å². The standard InChI is InChI=1S/C12H19N5OS/c1-7(2)8(13)6-10-16-17-11(9-4-3-5-18-9)14-15-12(17)19-10/h7-9H,3-6,13H2,1-2H3. The maximum Gasteiger partial charge on any atom is 0.234 e. The van der Waals surface area contributed by atoms with Crippen LogP contribution in [0.15, 0.2) is 0 Å². The van der Waals surface area contributed by atoms with Crippen molar-refractivity contribution >= 4 is 16.3 Å². The minimum absolute atomic E-state index is 0.0451. The van der Waals surface area contributed by atoms with Crippen molar-refractivity contribution in [2.24, 2.45) is 11.7 Å². The van der Waals surface area contributed by atoms with Crippen LogP contribution in [-0.2, 0) is 11.2 Å². The summed E-state index contributed by atoms with van der Waals surface area (Å²) >= 11 is 1.57. The summed E-state index contributed by atoms with van der Waals surface area (Å²) in [4.78, 5) is 0.830. The minimum atomic E-state index is 0.0451. The fourth-order valence-corrected chi connectivity index (χ4v) is 3.09. The molecule has 0 radical (unpaired) electrons. The van der Waals surface area contributed by atoms with Crippen molar-refractivity contribution in [3.8, 4) is 0 Å². The van der Waals surface area contributed by atoms with E-state index in [0.717, 1.165) is 41.7 Å². The summed E-state index contributed by atoms with van der Waals surface area (Å²) in [6, 6.07) is 0.134. The average Bonchev–Trinajstić information content (AvgIpc) is 3.02. The van der Waals surface area contributed by atoms with E-state index >= 15 is 0 Å². The first-order valence-electron chi connectivity index (χ1n) is 6.73. The first-order chi connectivity index (χ1) is 9.15. The largest absolute Gasteiger partial charge is 0.370 e. The lowest BCUT2D eigenvalue weighted by Gasteiger charge is -2.12. The third kappa shape index (κ3) is 2.50. The van der Waals surface area contributed by atoms with Crippen molar-refractivity contribution in [2.45, 2.75) is 45.3 Å². The van der Waals surface area contributed by atoms with Crippen LogP contribution < -0.4 is 5.73 Å². The molecule has 1 fully saturated rings. The second-order valence-corrected chi connectivity index (χ2v) is 6.40. The Kier molecular flexibility index (Phi) is 3.51. The molecule has 6 nitrogen and oxygen atoms in total. The predicted molar refractivity (Wildman–Crippen MR) is 73.1 cm³/mol. The second kappa shape index (κ2) is 5.15. The number of nitrogens with zero attached hydrogens (tertiary/aromatic N) is 4. The Balaban J connectivity index is 1.85. The Morgan fingerprint density at radius 2 is 2.32 bits per heavy atom. The molecule has 0 aliphatic carbocycles. The van der Waals surface area contributed by atoms with Crippen LogP contribution in [0.4, 0.5) is 0 Å². The van der Waals surface area contributed by atoms with Gasteiger partial charge in [-0.3, -0.25) is 0 Å². The van der Waals surface area contributed by atoms with Gasteiger partial charge in [0.15, 0.2) is 5.82 Å². The van der Waals surface area contributed by atoms with Crippen molar-refractivity contribution in [1.29, 1.82) is 0 Å². The number of aromatic nitrogens is 4. The molecule has 0 aromatic carbocycles. The molecule has 1 saturated heterocycles. The molecule has 19 heavy (non-hydrogen) atoms. The van der Waals surface area contributed by atoms with Crippen molar-refractivity contribution in [1.82, 2.24) is 19.8 Å². The Morgan fingerprint density at radius 1 is 1.47 bits per heavy atom. The molecule has 3 rings (SSSR count). The van der Waals surface area contributed by atoms with Crippen LogP contribution in [0.1, 0.15) is 43.6 Å². The van der Waals surface area contributed by atoms with E-state index in [4.69, 9.17) is 10.5 Å². The van der Waals surface area contributed by atoms with Crippen LogP contribution in [-0.4, -0.2) is 32.5 Å². The van der Waals surface area contributed by atoms with Crippen molar-refractivity contribution < 1.29 is 4.74 Å². The molecule has 2 unspecified atom stereocenters. The molecule has 2 aromatic rings. The van der Waals surface area contributed by atoms with Crippen LogP contribution in [0.5, 0.6) is 0 Å². The fourth-order valence-electron chi connectivity index (χ4n) is 2.17. The van der Waals surface area contributed by atoms with Gasteiger partial charge in [0.05, 0.1) is 0 Å². The van der Waals surface area contributed by atoms with Gasteiger partial charge in [-0.2, -0.15) is 9.61 Å². The molecular weight excluding hydrogens is 262 g/mol. The normalized spacial score (nSPS) is 21.6. The highest BCUT2D eigenvalue weighted by molar-refractivity contribution is 7.16. The van der Waals surface area contributed by atoms with Gasteiger partial charge in [-0.1, -0.05) is 25.2 Å². The molecule has 1 aliphatic heterocycles. The fraction of sp³-hybridized carbons (Fsp3) is 0.750. The van der Waals surface area contributed by atoms with Crippen molar-refractivity contribution in [2.75, 3.05) is 6.61 Å².